The van der Waals surface area contributed by atoms with Gasteiger partial charge in [0.2, 0.25) is 0 Å². The van der Waals surface area contributed by atoms with Gasteiger partial charge < -0.3 is 0 Å². The quantitative estimate of drug-likeness (QED) is 0.763. The van der Waals surface area contributed by atoms with E-state index in [0.717, 1.165) is 10.6 Å². The van der Waals surface area contributed by atoms with Crippen LogP contribution in [0.2, 0.25) is 10.0 Å². The molecule has 0 saturated carbocycles. The highest BCUT2D eigenvalue weighted by atomic mass is 35.5. The third-order valence-electron chi connectivity index (χ3n) is 5.22. The number of halogens is 2. The summed E-state index contributed by atoms with van der Waals surface area (Å²) < 4.78 is 0. The summed E-state index contributed by atoms with van der Waals surface area (Å²) in [7, 11) is 0. The first-order valence-corrected chi connectivity index (χ1v) is 9.21. The van der Waals surface area contributed by atoms with Gasteiger partial charge in [-0.15, -0.1) is 0 Å². The van der Waals surface area contributed by atoms with Crippen molar-refractivity contribution in [1.29, 1.82) is 0 Å². The lowest BCUT2D eigenvalue weighted by atomic mass is 9.71. The standard InChI is InChI=1S/C19H17Cl2NO3/c20-11-8-7-10(9-12(11)21)17-18-13(3-1-5-15(18)23)22(25)14-4-2-6-16(24)19(14)17/h7-9,17,25H,1-6H2. The van der Waals surface area contributed by atoms with Gasteiger partial charge in [-0.1, -0.05) is 29.3 Å². The van der Waals surface area contributed by atoms with E-state index in [0.29, 0.717) is 71.1 Å². The van der Waals surface area contributed by atoms with Crippen LogP contribution >= 0.6 is 23.2 Å². The van der Waals surface area contributed by atoms with E-state index >= 15 is 0 Å². The van der Waals surface area contributed by atoms with E-state index in [2.05, 4.69) is 0 Å². The number of carbonyl (C=O) groups excluding carboxylic acids is 2. The van der Waals surface area contributed by atoms with Gasteiger partial charge in [-0.2, -0.15) is 0 Å². The molecule has 1 aliphatic heterocycles. The maximum Gasteiger partial charge on any atom is 0.161 e. The fourth-order valence-electron chi connectivity index (χ4n) is 4.12. The summed E-state index contributed by atoms with van der Waals surface area (Å²) in [6, 6.07) is 5.22. The van der Waals surface area contributed by atoms with Crippen molar-refractivity contribution in [2.24, 2.45) is 0 Å². The summed E-state index contributed by atoms with van der Waals surface area (Å²) in [5, 5.41) is 12.6. The van der Waals surface area contributed by atoms with Crippen molar-refractivity contribution in [1.82, 2.24) is 5.06 Å². The molecule has 25 heavy (non-hydrogen) atoms. The van der Waals surface area contributed by atoms with Crippen LogP contribution in [0.4, 0.5) is 0 Å². The molecular formula is C19H17Cl2NO3. The van der Waals surface area contributed by atoms with Gasteiger partial charge in [0.15, 0.2) is 11.6 Å². The van der Waals surface area contributed by atoms with Crippen LogP contribution in [0.25, 0.3) is 0 Å². The molecule has 6 heteroatoms. The van der Waals surface area contributed by atoms with Crippen molar-refractivity contribution >= 4 is 34.8 Å². The summed E-state index contributed by atoms with van der Waals surface area (Å²) in [6.07, 6.45) is 3.53. The summed E-state index contributed by atoms with van der Waals surface area (Å²) >= 11 is 12.2. The van der Waals surface area contributed by atoms with E-state index < -0.39 is 5.92 Å². The van der Waals surface area contributed by atoms with Crippen molar-refractivity contribution in [2.45, 2.75) is 44.4 Å². The normalized spacial score (nSPS) is 21.6. The second kappa shape index (κ2) is 6.27. The molecule has 0 unspecified atom stereocenters. The van der Waals surface area contributed by atoms with Gasteiger partial charge in [0.1, 0.15) is 0 Å². The van der Waals surface area contributed by atoms with Crippen LogP contribution in [0.15, 0.2) is 40.7 Å². The number of hydrogen-bond donors (Lipinski definition) is 1. The zero-order valence-electron chi connectivity index (χ0n) is 13.5. The fourth-order valence-corrected chi connectivity index (χ4v) is 4.43. The smallest absolute Gasteiger partial charge is 0.161 e. The maximum absolute atomic E-state index is 12.7. The molecule has 0 saturated heterocycles. The van der Waals surface area contributed by atoms with E-state index in [9.17, 15) is 14.8 Å². The van der Waals surface area contributed by atoms with Crippen LogP contribution in [0.1, 0.15) is 50.0 Å². The zero-order valence-corrected chi connectivity index (χ0v) is 15.0. The molecule has 4 nitrogen and oxygen atoms in total. The molecule has 0 aromatic heterocycles. The SMILES string of the molecule is O=C1CCCC2=C1C(c1ccc(Cl)c(Cl)c1)C1=C(CCCC1=O)N2O. The van der Waals surface area contributed by atoms with E-state index in [-0.39, 0.29) is 11.6 Å². The number of allylic oxidation sites excluding steroid dienone is 4. The van der Waals surface area contributed by atoms with Crippen LogP contribution in [0.3, 0.4) is 0 Å². The lowest BCUT2D eigenvalue weighted by Gasteiger charge is -2.40. The lowest BCUT2D eigenvalue weighted by Crippen LogP contribution is -2.37. The Morgan fingerprint density at radius 3 is 1.96 bits per heavy atom. The molecule has 130 valence electrons. The monoisotopic (exact) mass is 377 g/mol. The van der Waals surface area contributed by atoms with Gasteiger partial charge in [0, 0.05) is 29.9 Å². The first-order chi connectivity index (χ1) is 12.0. The second-order valence-corrected chi connectivity index (χ2v) is 7.51. The summed E-state index contributed by atoms with van der Waals surface area (Å²) in [4.78, 5) is 25.4. The highest BCUT2D eigenvalue weighted by molar-refractivity contribution is 6.42. The third-order valence-corrected chi connectivity index (χ3v) is 5.96. The van der Waals surface area contributed by atoms with E-state index in [1.807, 2.05) is 6.07 Å². The molecule has 1 heterocycles. The second-order valence-electron chi connectivity index (χ2n) is 6.69. The Morgan fingerprint density at radius 2 is 1.44 bits per heavy atom. The van der Waals surface area contributed by atoms with Crippen LogP contribution in [-0.4, -0.2) is 21.8 Å². The Bertz CT molecular complexity index is 812. The number of nitrogens with zero attached hydrogens (tertiary/aromatic N) is 1. The minimum atomic E-state index is -0.469. The topological polar surface area (TPSA) is 57.6 Å². The summed E-state index contributed by atoms with van der Waals surface area (Å²) in [5.41, 5.74) is 3.08. The Balaban J connectivity index is 1.96. The number of Topliss-reactive ketones (excluding diaryl/α,β-unsaturated/α-hetero) is 2. The van der Waals surface area contributed by atoms with Gasteiger partial charge in [-0.05, 0) is 43.4 Å². The van der Waals surface area contributed by atoms with Gasteiger partial charge in [0.05, 0.1) is 21.4 Å². The number of carbonyl (C=O) groups is 2. The number of ketones is 2. The van der Waals surface area contributed by atoms with E-state index in [1.54, 1.807) is 12.1 Å². The molecule has 4 rings (SSSR count). The molecule has 0 atom stereocenters. The predicted molar refractivity (Wildman–Crippen MR) is 94.6 cm³/mol. The summed E-state index contributed by atoms with van der Waals surface area (Å²) in [5.74, 6) is -0.494. The van der Waals surface area contributed by atoms with Crippen molar-refractivity contribution in [3.63, 3.8) is 0 Å². The molecule has 2 aliphatic carbocycles. The first kappa shape index (κ1) is 16.8. The Hall–Kier alpha value is -1.62. The van der Waals surface area contributed by atoms with E-state index in [1.165, 1.54) is 0 Å². The molecule has 1 aromatic rings. The highest BCUT2D eigenvalue weighted by Gasteiger charge is 2.43. The molecule has 0 radical (unpaired) electrons. The molecule has 1 N–H and O–H groups in total. The number of hydrogen-bond acceptors (Lipinski definition) is 4. The largest absolute Gasteiger partial charge is 0.294 e. The molecule has 0 amide bonds. The van der Waals surface area contributed by atoms with Crippen LogP contribution in [-0.2, 0) is 9.59 Å². The van der Waals surface area contributed by atoms with Crippen molar-refractivity contribution in [3.8, 4) is 0 Å². The summed E-state index contributed by atoms with van der Waals surface area (Å²) in [6.45, 7) is 0. The predicted octanol–water partition coefficient (Wildman–Crippen LogP) is 4.80. The molecular weight excluding hydrogens is 361 g/mol. The van der Waals surface area contributed by atoms with Gasteiger partial charge >= 0.3 is 0 Å². The Kier molecular flexibility index (Phi) is 4.22. The van der Waals surface area contributed by atoms with Gasteiger partial charge in [-0.25, -0.2) is 5.06 Å². The molecule has 0 fully saturated rings. The fraction of sp³-hybridized carbons (Fsp3) is 0.368. The maximum atomic E-state index is 12.7. The van der Waals surface area contributed by atoms with Gasteiger partial charge in [-0.3, -0.25) is 14.8 Å². The number of hydroxylamine groups is 2. The van der Waals surface area contributed by atoms with Crippen molar-refractivity contribution in [3.05, 3.63) is 56.3 Å². The average molecular weight is 378 g/mol. The molecule has 0 bridgehead atoms. The van der Waals surface area contributed by atoms with Crippen molar-refractivity contribution in [2.75, 3.05) is 0 Å². The van der Waals surface area contributed by atoms with Crippen molar-refractivity contribution < 1.29 is 14.8 Å². The molecule has 0 spiro atoms. The minimum absolute atomic E-state index is 0.0127. The molecule has 1 aromatic carbocycles. The zero-order chi connectivity index (χ0) is 17.7. The number of benzene rings is 1. The van der Waals surface area contributed by atoms with Crippen LogP contribution in [0.5, 0.6) is 0 Å². The Morgan fingerprint density at radius 1 is 0.880 bits per heavy atom. The van der Waals surface area contributed by atoms with E-state index in [4.69, 9.17) is 23.2 Å². The lowest BCUT2D eigenvalue weighted by molar-refractivity contribution is -0.119. The highest BCUT2D eigenvalue weighted by Crippen LogP contribution is 2.48. The van der Waals surface area contributed by atoms with Crippen LogP contribution in [0, 0.1) is 0 Å². The third kappa shape index (κ3) is 2.64. The van der Waals surface area contributed by atoms with Gasteiger partial charge in [0.25, 0.3) is 0 Å². The minimum Gasteiger partial charge on any atom is -0.294 e. The first-order valence-electron chi connectivity index (χ1n) is 8.45. The Labute approximate surface area is 155 Å². The van der Waals surface area contributed by atoms with Crippen LogP contribution < -0.4 is 0 Å². The molecule has 3 aliphatic rings. The average Bonchev–Trinajstić information content (AvgIpc) is 2.59. The number of rotatable bonds is 1.